The van der Waals surface area contributed by atoms with Gasteiger partial charge in [0.2, 0.25) is 34.8 Å². The molecule has 0 saturated heterocycles. The Kier molecular flexibility index (Phi) is 4.40. The van der Waals surface area contributed by atoms with Crippen LogP contribution in [0.4, 0.5) is 22.0 Å². The highest BCUT2D eigenvalue weighted by Crippen LogP contribution is 2.33. The van der Waals surface area contributed by atoms with Crippen molar-refractivity contribution >= 4 is 11.9 Å². The summed E-state index contributed by atoms with van der Waals surface area (Å²) in [5.41, 5.74) is -1.26. The Morgan fingerprint density at radius 1 is 0.708 bits per heavy atom. The van der Waals surface area contributed by atoms with Crippen molar-refractivity contribution in [2.75, 3.05) is 0 Å². The first-order chi connectivity index (χ1) is 11.1. The Labute approximate surface area is 129 Å². The van der Waals surface area contributed by atoms with Crippen molar-refractivity contribution in [1.82, 2.24) is 0 Å². The molecule has 0 atom stereocenters. The average Bonchev–Trinajstić information content (AvgIpc) is 2.54. The van der Waals surface area contributed by atoms with Gasteiger partial charge in [-0.05, 0) is 18.2 Å². The summed E-state index contributed by atoms with van der Waals surface area (Å²) in [6, 6.07) is 2.04. The van der Waals surface area contributed by atoms with E-state index >= 15 is 0 Å². The first kappa shape index (κ1) is 17.2. The van der Waals surface area contributed by atoms with Crippen LogP contribution in [0.25, 0.3) is 0 Å². The van der Waals surface area contributed by atoms with E-state index in [9.17, 15) is 31.5 Å². The maximum atomic E-state index is 13.5. The van der Waals surface area contributed by atoms with Crippen LogP contribution in [0.15, 0.2) is 18.2 Å². The maximum Gasteiger partial charge on any atom is 0.335 e. The van der Waals surface area contributed by atoms with E-state index < -0.39 is 63.7 Å². The number of hydrogen-bond donors (Lipinski definition) is 2. The summed E-state index contributed by atoms with van der Waals surface area (Å²) in [5.74, 6) is -17.1. The van der Waals surface area contributed by atoms with Crippen LogP contribution in [0.2, 0.25) is 0 Å². The van der Waals surface area contributed by atoms with E-state index in [1.807, 2.05) is 0 Å². The molecule has 0 aliphatic heterocycles. The summed E-state index contributed by atoms with van der Waals surface area (Å²) < 4.78 is 70.7. The second-order valence-electron chi connectivity index (χ2n) is 4.36. The molecule has 2 aromatic rings. The van der Waals surface area contributed by atoms with Crippen molar-refractivity contribution in [2.24, 2.45) is 0 Å². The van der Waals surface area contributed by atoms with Crippen molar-refractivity contribution in [2.45, 2.75) is 0 Å². The minimum Gasteiger partial charge on any atom is -0.478 e. The average molecular weight is 348 g/mol. The van der Waals surface area contributed by atoms with Gasteiger partial charge >= 0.3 is 11.9 Å². The fraction of sp³-hybridized carbons (Fsp3) is 0. The number of carbonyl (C=O) groups is 2. The molecule has 0 spiro atoms. The fourth-order valence-electron chi connectivity index (χ4n) is 1.70. The van der Waals surface area contributed by atoms with Gasteiger partial charge in [-0.1, -0.05) is 0 Å². The zero-order chi connectivity index (χ0) is 18.2. The molecule has 0 amide bonds. The molecule has 126 valence electrons. The molecule has 2 N–H and O–H groups in total. The van der Waals surface area contributed by atoms with Gasteiger partial charge in [0, 0.05) is 0 Å². The molecule has 0 aliphatic rings. The smallest absolute Gasteiger partial charge is 0.335 e. The molecule has 0 bridgehead atoms. The summed E-state index contributed by atoms with van der Waals surface area (Å²) in [4.78, 5) is 21.8. The van der Waals surface area contributed by atoms with Gasteiger partial charge in [0.15, 0.2) is 0 Å². The van der Waals surface area contributed by atoms with Gasteiger partial charge in [-0.15, -0.1) is 0 Å². The molecule has 2 aromatic carbocycles. The Balaban J connectivity index is 2.60. The van der Waals surface area contributed by atoms with E-state index in [4.69, 9.17) is 10.2 Å². The third-order valence-corrected chi connectivity index (χ3v) is 2.79. The van der Waals surface area contributed by atoms with Crippen LogP contribution in [0, 0.1) is 29.1 Å². The molecule has 0 unspecified atom stereocenters. The van der Waals surface area contributed by atoms with Crippen LogP contribution in [0.1, 0.15) is 20.7 Å². The van der Waals surface area contributed by atoms with E-state index in [-0.39, 0.29) is 0 Å². The molecule has 0 aromatic heterocycles. The van der Waals surface area contributed by atoms with Gasteiger partial charge in [0.05, 0.1) is 11.1 Å². The quantitative estimate of drug-likeness (QED) is 0.501. The lowest BCUT2D eigenvalue weighted by atomic mass is 10.1. The zero-order valence-corrected chi connectivity index (χ0v) is 11.2. The van der Waals surface area contributed by atoms with Gasteiger partial charge in [-0.2, -0.15) is 8.78 Å². The second-order valence-corrected chi connectivity index (χ2v) is 4.36. The van der Waals surface area contributed by atoms with Crippen LogP contribution >= 0.6 is 0 Å². The maximum absolute atomic E-state index is 13.5. The largest absolute Gasteiger partial charge is 0.478 e. The van der Waals surface area contributed by atoms with Crippen molar-refractivity contribution in [3.63, 3.8) is 0 Å². The molecule has 2 rings (SSSR count). The molecular formula is C14H5F5O5. The zero-order valence-electron chi connectivity index (χ0n) is 11.2. The first-order valence-corrected chi connectivity index (χ1v) is 5.94. The van der Waals surface area contributed by atoms with Gasteiger partial charge in [0.25, 0.3) is 0 Å². The fourth-order valence-corrected chi connectivity index (χ4v) is 1.70. The van der Waals surface area contributed by atoms with Crippen molar-refractivity contribution in [3.8, 4) is 11.5 Å². The van der Waals surface area contributed by atoms with Crippen LogP contribution in [0.5, 0.6) is 11.5 Å². The van der Waals surface area contributed by atoms with Crippen LogP contribution in [-0.4, -0.2) is 22.2 Å². The lowest BCUT2D eigenvalue weighted by Gasteiger charge is -2.11. The monoisotopic (exact) mass is 348 g/mol. The van der Waals surface area contributed by atoms with E-state index in [0.717, 1.165) is 6.07 Å². The SMILES string of the molecule is O=C(O)c1cc(Oc2c(F)c(F)c(F)c(F)c2F)cc(C(=O)O)c1. The van der Waals surface area contributed by atoms with E-state index in [2.05, 4.69) is 4.74 Å². The van der Waals surface area contributed by atoms with Gasteiger partial charge < -0.3 is 14.9 Å². The number of carboxylic acids is 2. The summed E-state index contributed by atoms with van der Waals surface area (Å²) >= 11 is 0. The third-order valence-electron chi connectivity index (χ3n) is 2.79. The topological polar surface area (TPSA) is 83.8 Å². The minimum atomic E-state index is -2.40. The predicted octanol–water partition coefficient (Wildman–Crippen LogP) is 3.57. The summed E-state index contributed by atoms with van der Waals surface area (Å²) in [7, 11) is 0. The molecule has 24 heavy (non-hydrogen) atoms. The third kappa shape index (κ3) is 2.98. The standard InChI is InChI=1S/C14H5F5O5/c15-7-8(16)10(18)12(11(19)9(7)17)24-6-2-4(13(20)21)1-5(3-6)14(22)23/h1-3H,(H,20,21)(H,22,23). The number of aromatic carboxylic acids is 2. The summed E-state index contributed by atoms with van der Waals surface area (Å²) in [6.07, 6.45) is 0. The Hall–Kier alpha value is -3.17. The van der Waals surface area contributed by atoms with Crippen LogP contribution in [0.3, 0.4) is 0 Å². The van der Waals surface area contributed by atoms with Gasteiger partial charge in [-0.25, -0.2) is 22.8 Å². The van der Waals surface area contributed by atoms with Crippen LogP contribution in [-0.2, 0) is 0 Å². The first-order valence-electron chi connectivity index (χ1n) is 5.94. The predicted molar refractivity (Wildman–Crippen MR) is 66.7 cm³/mol. The molecule has 10 heteroatoms. The Morgan fingerprint density at radius 2 is 1.08 bits per heavy atom. The van der Waals surface area contributed by atoms with E-state index in [1.54, 1.807) is 0 Å². The normalized spacial score (nSPS) is 10.5. The number of ether oxygens (including phenoxy) is 1. The summed E-state index contributed by atoms with van der Waals surface area (Å²) in [6.45, 7) is 0. The number of benzene rings is 2. The lowest BCUT2D eigenvalue weighted by Crippen LogP contribution is -2.06. The molecule has 0 heterocycles. The van der Waals surface area contributed by atoms with Crippen molar-refractivity contribution < 1.29 is 46.5 Å². The van der Waals surface area contributed by atoms with Gasteiger partial charge in [-0.3, -0.25) is 0 Å². The molecular weight excluding hydrogens is 343 g/mol. The summed E-state index contributed by atoms with van der Waals surface area (Å²) in [5, 5.41) is 17.7. The highest BCUT2D eigenvalue weighted by atomic mass is 19.2. The number of halogens is 5. The van der Waals surface area contributed by atoms with Crippen molar-refractivity contribution in [3.05, 3.63) is 58.4 Å². The van der Waals surface area contributed by atoms with Gasteiger partial charge in [0.1, 0.15) is 5.75 Å². The lowest BCUT2D eigenvalue weighted by molar-refractivity contribution is 0.0696. The van der Waals surface area contributed by atoms with Crippen LogP contribution < -0.4 is 4.74 Å². The van der Waals surface area contributed by atoms with E-state index in [0.29, 0.717) is 12.1 Å². The molecule has 0 radical (unpaired) electrons. The molecule has 5 nitrogen and oxygen atoms in total. The minimum absolute atomic E-state index is 0.631. The number of carboxylic acid groups (broad SMARTS) is 2. The number of hydrogen-bond acceptors (Lipinski definition) is 3. The Bertz CT molecular complexity index is 804. The van der Waals surface area contributed by atoms with E-state index in [1.165, 1.54) is 0 Å². The molecule has 0 fully saturated rings. The number of rotatable bonds is 4. The molecule has 0 saturated carbocycles. The highest BCUT2D eigenvalue weighted by molar-refractivity contribution is 5.94. The Morgan fingerprint density at radius 3 is 1.46 bits per heavy atom. The highest BCUT2D eigenvalue weighted by Gasteiger charge is 2.28. The molecule has 0 aliphatic carbocycles. The van der Waals surface area contributed by atoms with Crippen molar-refractivity contribution in [1.29, 1.82) is 0 Å². The second kappa shape index (κ2) is 6.14.